The molecule has 1 rings (SSSR count). The first-order valence-corrected chi connectivity index (χ1v) is 16.6. The number of carboxylic acid groups (broad SMARTS) is 1. The largest absolute Gasteiger partial charge is 0.0591 e. The van der Waals surface area contributed by atoms with Crippen LogP contribution in [0.4, 0.5) is 0 Å². The summed E-state index contributed by atoms with van der Waals surface area (Å²) in [6.45, 7) is 15.7. The molecule has 154 valence electrons. The number of unbranched alkanes of at least 4 members (excludes halogenated alkanes) is 3. The molecule has 0 amide bonds. The maximum atomic E-state index is 9.49. The van der Waals surface area contributed by atoms with Crippen LogP contribution < -0.4 is 5.11 Å². The van der Waals surface area contributed by atoms with Crippen LogP contribution in [0.25, 0.3) is 0 Å². The van der Waals surface area contributed by atoms with Gasteiger partial charge in [-0.15, -0.1) is 0 Å². The van der Waals surface area contributed by atoms with Gasteiger partial charge < -0.3 is 9.90 Å². The fourth-order valence-electron chi connectivity index (χ4n) is 2.29. The Bertz CT molecular complexity index is 428. The molecular weight excluding hydrogens is 439 g/mol. The van der Waals surface area contributed by atoms with E-state index in [1.807, 2.05) is 0 Å². The molecule has 27 heavy (non-hydrogen) atoms. The first-order valence-electron chi connectivity index (χ1n) is 10.5. The van der Waals surface area contributed by atoms with Gasteiger partial charge in [0.25, 0.3) is 0 Å². The van der Waals surface area contributed by atoms with Gasteiger partial charge in [-0.25, -0.2) is 0 Å². The van der Waals surface area contributed by atoms with E-state index in [1.165, 1.54) is 56.6 Å². The summed E-state index contributed by atoms with van der Waals surface area (Å²) in [4.78, 5) is 9.49. The molecule has 0 spiro atoms. The first-order chi connectivity index (χ1) is 12.8. The number of carbonyl (C=O) groups is 1. The Morgan fingerprint density at radius 3 is 1.30 bits per heavy atom. The summed E-state index contributed by atoms with van der Waals surface area (Å²) in [6, 6.07) is 8.48. The molecule has 0 saturated carbocycles. The van der Waals surface area contributed by atoms with E-state index in [0.717, 1.165) is 0 Å². The average Bonchev–Trinajstić information content (AvgIpc) is 2.64. The molecule has 3 heteroatoms. The van der Waals surface area contributed by atoms with Crippen molar-refractivity contribution in [2.45, 2.75) is 93.4 Å². The summed E-state index contributed by atoms with van der Waals surface area (Å²) in [5, 5.41) is 9.49. The summed E-state index contributed by atoms with van der Waals surface area (Å²) in [5.74, 6) is -1.19. The fraction of sp³-hybridized carbons (Fsp3) is 0.625. The number of aliphatic carboxylic acids is 1. The molecule has 2 nitrogen and oxygen atoms in total. The molecule has 1 aromatic rings. The summed E-state index contributed by atoms with van der Waals surface area (Å²) in [7, 11) is 0. The van der Waals surface area contributed by atoms with Crippen LogP contribution in [0.5, 0.6) is 0 Å². The number of benzene rings is 1. The minimum atomic E-state index is -1.19. The Morgan fingerprint density at radius 1 is 0.852 bits per heavy atom. The monoisotopic (exact) mass is 482 g/mol. The van der Waals surface area contributed by atoms with E-state index in [2.05, 4.69) is 65.5 Å². The van der Waals surface area contributed by atoms with Crippen molar-refractivity contribution in [2.75, 3.05) is 0 Å². The van der Waals surface area contributed by atoms with Crippen molar-refractivity contribution in [1.29, 1.82) is 0 Å². The van der Waals surface area contributed by atoms with Gasteiger partial charge in [-0.1, -0.05) is 42.0 Å². The zero-order valence-electron chi connectivity index (χ0n) is 18.7. The van der Waals surface area contributed by atoms with Crippen molar-refractivity contribution in [3.05, 3.63) is 47.5 Å². The van der Waals surface area contributed by atoms with Gasteiger partial charge in [0.15, 0.2) is 0 Å². The summed E-state index contributed by atoms with van der Waals surface area (Å²) < 4.78 is 5.04. The minimum Gasteiger partial charge on any atom is -0.0591 e. The molecule has 0 N–H and O–H groups in total. The van der Waals surface area contributed by atoms with Crippen LogP contribution in [0.1, 0.15) is 77.3 Å². The Morgan fingerprint density at radius 2 is 1.11 bits per heavy atom. The molecule has 0 saturated heterocycles. The Hall–Kier alpha value is -0.771. The smallest absolute Gasteiger partial charge is 0.0398 e. The van der Waals surface area contributed by atoms with Crippen molar-refractivity contribution in [1.82, 2.24) is 0 Å². The number of rotatable bonds is 10. The molecule has 0 bridgehead atoms. The van der Waals surface area contributed by atoms with Crippen LogP contribution in [0.3, 0.4) is 0 Å². The molecule has 0 aliphatic heterocycles. The van der Waals surface area contributed by atoms with E-state index in [1.54, 1.807) is 13.3 Å². The molecule has 0 fully saturated rings. The summed E-state index contributed by atoms with van der Waals surface area (Å²) >= 11 is -0.839. The normalized spacial score (nSPS) is 9.41. The van der Waals surface area contributed by atoms with Crippen LogP contribution >= 0.6 is 0 Å². The van der Waals surface area contributed by atoms with E-state index < -0.39 is 25.7 Å². The third kappa shape index (κ3) is 21.4. The minimum absolute atomic E-state index is 0.0648. The standard InChI is InChI=1S/C8H10.C4H6O2.3C4H9.Sn/c1-7-3-5-8(2)6-4-7;1-3(2)4(5)6;3*1-3-4-2;/h3-6H,1-2H3;1H2,2H3,(H,5,6);3*1,3-4H2,2H3;/q;;;;;+1/p-1. The Labute approximate surface area is 176 Å². The van der Waals surface area contributed by atoms with Gasteiger partial charge in [-0.05, 0) is 26.3 Å². The van der Waals surface area contributed by atoms with Gasteiger partial charge >= 0.3 is 92.4 Å². The second kappa shape index (κ2) is 20.0. The number of aryl methyl sites for hydroxylation is 2. The summed E-state index contributed by atoms with van der Waals surface area (Å²) in [6.07, 6.45) is 8.85. The van der Waals surface area contributed by atoms with Gasteiger partial charge in [-0.3, -0.25) is 0 Å². The molecular formula is C24H42O2Sn. The van der Waals surface area contributed by atoms with Gasteiger partial charge in [0.2, 0.25) is 0 Å². The second-order valence-corrected chi connectivity index (χ2v) is 15.8. The SMILES string of the molecule is C=C(C)C(=O)[O-].CCC[CH2][Sn+]([CH2]CCC)[CH2]CCC.Cc1ccc(C)cc1. The molecule has 0 radical (unpaired) electrons. The van der Waals surface area contributed by atoms with Gasteiger partial charge in [-0.2, -0.15) is 0 Å². The average molecular weight is 481 g/mol. The maximum absolute atomic E-state index is 9.49. The van der Waals surface area contributed by atoms with Crippen LogP contribution in [0.15, 0.2) is 36.4 Å². The van der Waals surface area contributed by atoms with Crippen LogP contribution in [0, 0.1) is 13.8 Å². The van der Waals surface area contributed by atoms with E-state index in [-0.39, 0.29) is 5.57 Å². The number of carbonyl (C=O) groups excluding carboxylic acids is 1. The quantitative estimate of drug-likeness (QED) is 0.283. The van der Waals surface area contributed by atoms with E-state index >= 15 is 0 Å². The topological polar surface area (TPSA) is 40.1 Å². The molecule has 0 atom stereocenters. The molecule has 0 aliphatic carbocycles. The summed E-state index contributed by atoms with van der Waals surface area (Å²) in [5.41, 5.74) is 2.72. The predicted octanol–water partition coefficient (Wildman–Crippen LogP) is 6.50. The van der Waals surface area contributed by atoms with Crippen LogP contribution in [0.2, 0.25) is 13.3 Å². The number of hydrogen-bond donors (Lipinski definition) is 0. The van der Waals surface area contributed by atoms with Crippen molar-refractivity contribution in [2.24, 2.45) is 0 Å². The Kier molecular flexibility index (Phi) is 21.0. The van der Waals surface area contributed by atoms with Gasteiger partial charge in [0.1, 0.15) is 0 Å². The zero-order valence-corrected chi connectivity index (χ0v) is 21.6. The van der Waals surface area contributed by atoms with Crippen LogP contribution in [-0.4, -0.2) is 25.7 Å². The first kappa shape index (κ1) is 28.4. The van der Waals surface area contributed by atoms with Crippen LogP contribution in [-0.2, 0) is 4.79 Å². The molecule has 1 aromatic carbocycles. The fourth-order valence-corrected chi connectivity index (χ4v) is 11.7. The molecule has 0 aliphatic rings. The van der Waals surface area contributed by atoms with E-state index in [0.29, 0.717) is 0 Å². The second-order valence-electron chi connectivity index (χ2n) is 7.28. The third-order valence-corrected chi connectivity index (χ3v) is 13.3. The van der Waals surface area contributed by atoms with Crippen molar-refractivity contribution >= 4 is 25.7 Å². The number of carboxylic acids is 1. The number of hydrogen-bond acceptors (Lipinski definition) is 2. The maximum Gasteiger partial charge on any atom is -0.0398 e. The Balaban J connectivity index is 0. The molecule has 0 unspecified atom stereocenters. The van der Waals surface area contributed by atoms with Gasteiger partial charge in [0.05, 0.1) is 5.97 Å². The van der Waals surface area contributed by atoms with Crippen molar-refractivity contribution in [3.8, 4) is 0 Å². The van der Waals surface area contributed by atoms with E-state index in [4.69, 9.17) is 0 Å². The zero-order chi connectivity index (χ0) is 21.1. The molecule has 0 heterocycles. The van der Waals surface area contributed by atoms with E-state index in [9.17, 15) is 9.90 Å². The van der Waals surface area contributed by atoms with Gasteiger partial charge in [0, 0.05) is 0 Å². The predicted molar refractivity (Wildman–Crippen MR) is 121 cm³/mol. The van der Waals surface area contributed by atoms with Crippen molar-refractivity contribution in [3.63, 3.8) is 0 Å². The molecule has 0 aromatic heterocycles. The van der Waals surface area contributed by atoms with Crippen molar-refractivity contribution < 1.29 is 9.90 Å². The third-order valence-electron chi connectivity index (χ3n) is 4.22.